The second-order valence-electron chi connectivity index (χ2n) is 7.13. The van der Waals surface area contributed by atoms with E-state index in [0.29, 0.717) is 5.75 Å². The van der Waals surface area contributed by atoms with Gasteiger partial charge in [-0.3, -0.25) is 4.79 Å². The Morgan fingerprint density at radius 3 is 2.78 bits per heavy atom. The Morgan fingerprint density at radius 2 is 2.00 bits per heavy atom. The fourth-order valence-electron chi connectivity index (χ4n) is 3.90. The maximum absolute atomic E-state index is 12.9. The van der Waals surface area contributed by atoms with E-state index in [2.05, 4.69) is 16.4 Å². The molecule has 1 aliphatic carbocycles. The molecular formula is C22H24N2O3. The lowest BCUT2D eigenvalue weighted by Gasteiger charge is -2.22. The van der Waals surface area contributed by atoms with Crippen molar-refractivity contribution >= 4 is 22.5 Å². The van der Waals surface area contributed by atoms with Crippen LogP contribution in [0.25, 0.3) is 10.9 Å². The highest BCUT2D eigenvalue weighted by Gasteiger charge is 2.28. The lowest BCUT2D eigenvalue weighted by Crippen LogP contribution is -2.28. The van der Waals surface area contributed by atoms with Crippen LogP contribution in [0.1, 0.15) is 23.2 Å². The highest BCUT2D eigenvalue weighted by Crippen LogP contribution is 2.34. The Hall–Kier alpha value is -2.95. The molecule has 4 rings (SSSR count). The van der Waals surface area contributed by atoms with Gasteiger partial charge in [-0.25, -0.2) is 0 Å². The summed E-state index contributed by atoms with van der Waals surface area (Å²) < 4.78 is 10.7. The third-order valence-electron chi connectivity index (χ3n) is 5.38. The molecule has 0 radical (unpaired) electrons. The quantitative estimate of drug-likeness (QED) is 0.728. The summed E-state index contributed by atoms with van der Waals surface area (Å²) in [6, 6.07) is 11.9. The molecule has 1 atom stereocenters. The topological polar surface area (TPSA) is 63.4 Å². The number of hydrogen-bond acceptors (Lipinski definition) is 3. The van der Waals surface area contributed by atoms with Crippen LogP contribution in [0, 0.1) is 12.8 Å². The molecule has 5 heteroatoms. The summed E-state index contributed by atoms with van der Waals surface area (Å²) in [5, 5.41) is 4.21. The van der Waals surface area contributed by atoms with Crippen molar-refractivity contribution in [2.24, 2.45) is 5.92 Å². The van der Waals surface area contributed by atoms with Crippen LogP contribution < -0.4 is 14.8 Å². The van der Waals surface area contributed by atoms with Crippen molar-refractivity contribution in [1.29, 1.82) is 0 Å². The summed E-state index contributed by atoms with van der Waals surface area (Å²) in [4.78, 5) is 16.4. The van der Waals surface area contributed by atoms with Crippen molar-refractivity contribution < 1.29 is 14.3 Å². The number of fused-ring (bicyclic) bond motifs is 3. The maximum atomic E-state index is 12.9. The van der Waals surface area contributed by atoms with E-state index in [4.69, 9.17) is 9.47 Å². The van der Waals surface area contributed by atoms with Crippen LogP contribution in [0.3, 0.4) is 0 Å². The van der Waals surface area contributed by atoms with Crippen molar-refractivity contribution in [2.75, 3.05) is 19.5 Å². The van der Waals surface area contributed by atoms with Crippen LogP contribution in [-0.4, -0.2) is 25.1 Å². The van der Waals surface area contributed by atoms with Crippen molar-refractivity contribution in [1.82, 2.24) is 4.98 Å². The Kier molecular flexibility index (Phi) is 4.52. The predicted octanol–water partition coefficient (Wildman–Crippen LogP) is 4.24. The summed E-state index contributed by atoms with van der Waals surface area (Å²) in [5.41, 5.74) is 5.37. The largest absolute Gasteiger partial charge is 0.497 e. The standard InChI is InChI=1S/C22H24N2O3/c1-13-4-9-21(27-3)20(10-13)24-22(25)14-5-7-18-16(11-14)17-12-15(26-2)6-8-19(17)23-18/h4,6,8-10,12,14,23H,5,7,11H2,1-3H3,(H,24,25). The van der Waals surface area contributed by atoms with Crippen LogP contribution in [0.2, 0.25) is 0 Å². The smallest absolute Gasteiger partial charge is 0.227 e. The minimum atomic E-state index is -0.0621. The number of methoxy groups -OCH3 is 2. The monoisotopic (exact) mass is 364 g/mol. The molecule has 2 aromatic carbocycles. The molecule has 0 saturated carbocycles. The number of benzene rings is 2. The van der Waals surface area contributed by atoms with Crippen LogP contribution >= 0.6 is 0 Å². The van der Waals surface area contributed by atoms with E-state index in [1.54, 1.807) is 14.2 Å². The van der Waals surface area contributed by atoms with Crippen molar-refractivity contribution in [2.45, 2.75) is 26.2 Å². The molecule has 27 heavy (non-hydrogen) atoms. The second-order valence-corrected chi connectivity index (χ2v) is 7.13. The molecule has 0 aliphatic heterocycles. The van der Waals surface area contributed by atoms with E-state index in [1.165, 1.54) is 11.3 Å². The molecule has 1 unspecified atom stereocenters. The number of amides is 1. The Morgan fingerprint density at radius 1 is 1.15 bits per heavy atom. The van der Waals surface area contributed by atoms with Gasteiger partial charge in [-0.05, 0) is 67.6 Å². The van der Waals surface area contributed by atoms with Gasteiger partial charge in [0.05, 0.1) is 19.9 Å². The van der Waals surface area contributed by atoms with Crippen LogP contribution in [0.15, 0.2) is 36.4 Å². The normalized spacial score (nSPS) is 16.0. The first kappa shape index (κ1) is 17.5. The Bertz CT molecular complexity index is 1010. The number of aromatic nitrogens is 1. The van der Waals surface area contributed by atoms with Gasteiger partial charge >= 0.3 is 0 Å². The minimum Gasteiger partial charge on any atom is -0.497 e. The molecular weight excluding hydrogens is 340 g/mol. The highest BCUT2D eigenvalue weighted by atomic mass is 16.5. The van der Waals surface area contributed by atoms with Gasteiger partial charge in [0, 0.05) is 22.5 Å². The lowest BCUT2D eigenvalue weighted by atomic mass is 9.85. The minimum absolute atomic E-state index is 0.0433. The predicted molar refractivity (Wildman–Crippen MR) is 107 cm³/mol. The number of nitrogens with one attached hydrogen (secondary N) is 2. The SMILES string of the molecule is COc1ccc2[nH]c3c(c2c1)CC(C(=O)Nc1cc(C)ccc1OC)CC3. The average Bonchev–Trinajstić information content (AvgIpc) is 3.05. The average molecular weight is 364 g/mol. The molecule has 2 N–H and O–H groups in total. The molecule has 0 bridgehead atoms. The molecule has 0 spiro atoms. The molecule has 0 fully saturated rings. The van der Waals surface area contributed by atoms with Crippen molar-refractivity contribution in [3.05, 3.63) is 53.2 Å². The van der Waals surface area contributed by atoms with E-state index in [-0.39, 0.29) is 11.8 Å². The summed E-state index contributed by atoms with van der Waals surface area (Å²) in [6.45, 7) is 2.00. The number of aryl methyl sites for hydroxylation is 2. The first-order valence-electron chi connectivity index (χ1n) is 9.22. The first-order valence-corrected chi connectivity index (χ1v) is 9.22. The second kappa shape index (κ2) is 6.99. The molecule has 140 valence electrons. The van der Waals surface area contributed by atoms with Crippen molar-refractivity contribution in [3.8, 4) is 11.5 Å². The summed E-state index contributed by atoms with van der Waals surface area (Å²) in [5.74, 6) is 1.50. The van der Waals surface area contributed by atoms with Gasteiger partial charge in [0.25, 0.3) is 0 Å². The molecule has 3 aromatic rings. The summed E-state index contributed by atoms with van der Waals surface area (Å²) >= 11 is 0. The van der Waals surface area contributed by atoms with E-state index >= 15 is 0 Å². The third-order valence-corrected chi connectivity index (χ3v) is 5.38. The highest BCUT2D eigenvalue weighted by molar-refractivity contribution is 5.95. The van der Waals surface area contributed by atoms with Crippen molar-refractivity contribution in [3.63, 3.8) is 0 Å². The maximum Gasteiger partial charge on any atom is 0.227 e. The van der Waals surface area contributed by atoms with Gasteiger partial charge < -0.3 is 19.8 Å². The zero-order chi connectivity index (χ0) is 19.0. The molecule has 5 nitrogen and oxygen atoms in total. The van der Waals surface area contributed by atoms with E-state index in [9.17, 15) is 4.79 Å². The number of hydrogen-bond donors (Lipinski definition) is 2. The van der Waals surface area contributed by atoms with Crippen LogP contribution in [0.5, 0.6) is 11.5 Å². The fourth-order valence-corrected chi connectivity index (χ4v) is 3.90. The number of rotatable bonds is 4. The number of ether oxygens (including phenoxy) is 2. The van der Waals surface area contributed by atoms with Gasteiger partial charge in [-0.15, -0.1) is 0 Å². The zero-order valence-corrected chi connectivity index (χ0v) is 15.9. The third kappa shape index (κ3) is 3.25. The Balaban J connectivity index is 1.59. The Labute approximate surface area is 158 Å². The lowest BCUT2D eigenvalue weighted by molar-refractivity contribution is -0.120. The van der Waals surface area contributed by atoms with E-state index in [1.807, 2.05) is 37.3 Å². The summed E-state index contributed by atoms with van der Waals surface area (Å²) in [7, 11) is 3.29. The van der Waals surface area contributed by atoms with Crippen LogP contribution in [0.4, 0.5) is 5.69 Å². The van der Waals surface area contributed by atoms with Gasteiger partial charge in [0.1, 0.15) is 11.5 Å². The number of carbonyl (C=O) groups is 1. The zero-order valence-electron chi connectivity index (χ0n) is 15.9. The van der Waals surface area contributed by atoms with E-state index in [0.717, 1.165) is 47.2 Å². The number of anilines is 1. The molecule has 1 heterocycles. The summed E-state index contributed by atoms with van der Waals surface area (Å²) in [6.07, 6.45) is 2.43. The van der Waals surface area contributed by atoms with Gasteiger partial charge in [-0.2, -0.15) is 0 Å². The molecule has 1 aliphatic rings. The van der Waals surface area contributed by atoms with Gasteiger partial charge in [0.15, 0.2) is 0 Å². The molecule has 1 aromatic heterocycles. The number of carbonyl (C=O) groups excluding carboxylic acids is 1. The fraction of sp³-hybridized carbons (Fsp3) is 0.318. The molecule has 0 saturated heterocycles. The van der Waals surface area contributed by atoms with Gasteiger partial charge in [0.2, 0.25) is 5.91 Å². The van der Waals surface area contributed by atoms with Gasteiger partial charge in [-0.1, -0.05) is 6.07 Å². The molecule has 1 amide bonds. The number of H-pyrrole nitrogens is 1. The van der Waals surface area contributed by atoms with E-state index < -0.39 is 0 Å². The van der Waals surface area contributed by atoms with Crippen LogP contribution in [-0.2, 0) is 17.6 Å². The number of aromatic amines is 1. The first-order chi connectivity index (χ1) is 13.1.